The first-order valence-corrected chi connectivity index (χ1v) is 7.84. The van der Waals surface area contributed by atoms with Crippen LogP contribution in [0, 0.1) is 0 Å². The maximum absolute atomic E-state index is 4.40. The molecule has 0 fully saturated rings. The highest BCUT2D eigenvalue weighted by atomic mass is 15.2. The van der Waals surface area contributed by atoms with Crippen LogP contribution >= 0.6 is 0 Å². The van der Waals surface area contributed by atoms with Crippen molar-refractivity contribution >= 4 is 5.95 Å². The molecule has 0 radical (unpaired) electrons. The van der Waals surface area contributed by atoms with Gasteiger partial charge in [0.2, 0.25) is 5.95 Å². The van der Waals surface area contributed by atoms with Gasteiger partial charge in [-0.15, -0.1) is 0 Å². The second-order valence-electron chi connectivity index (χ2n) is 5.07. The Morgan fingerprint density at radius 3 is 2.48 bits per heavy atom. The molecule has 4 nitrogen and oxygen atoms in total. The van der Waals surface area contributed by atoms with Crippen LogP contribution in [0.5, 0.6) is 0 Å². The highest BCUT2D eigenvalue weighted by Gasteiger charge is 2.18. The lowest BCUT2D eigenvalue weighted by Crippen LogP contribution is -2.33. The molecule has 1 atom stereocenters. The third kappa shape index (κ3) is 3.85. The Labute approximate surface area is 127 Å². The number of hydrogen-bond donors (Lipinski definition) is 1. The van der Waals surface area contributed by atoms with Gasteiger partial charge in [-0.05, 0) is 25.6 Å². The van der Waals surface area contributed by atoms with Gasteiger partial charge in [0.05, 0.1) is 6.04 Å². The predicted molar refractivity (Wildman–Crippen MR) is 88.5 cm³/mol. The molecule has 1 N–H and O–H groups in total. The van der Waals surface area contributed by atoms with Gasteiger partial charge in [0.15, 0.2) is 0 Å². The minimum atomic E-state index is 0.364. The van der Waals surface area contributed by atoms with Crippen molar-refractivity contribution in [2.75, 3.05) is 25.0 Å². The van der Waals surface area contributed by atoms with Crippen LogP contribution in [0.3, 0.4) is 0 Å². The maximum atomic E-state index is 4.40. The molecule has 0 saturated carbocycles. The van der Waals surface area contributed by atoms with Crippen molar-refractivity contribution in [1.29, 1.82) is 0 Å². The highest BCUT2D eigenvalue weighted by molar-refractivity contribution is 5.28. The molecule has 0 aliphatic heterocycles. The molecular weight excluding hydrogens is 260 g/mol. The van der Waals surface area contributed by atoms with Crippen LogP contribution in [0.25, 0.3) is 0 Å². The van der Waals surface area contributed by atoms with Gasteiger partial charge in [0.1, 0.15) is 0 Å². The summed E-state index contributed by atoms with van der Waals surface area (Å²) in [4.78, 5) is 6.87. The fourth-order valence-corrected chi connectivity index (χ4v) is 2.72. The first-order chi connectivity index (χ1) is 10.3. The number of nitrogens with zero attached hydrogens (tertiary/aromatic N) is 3. The normalized spacial score (nSPS) is 12.6. The summed E-state index contributed by atoms with van der Waals surface area (Å²) in [5.74, 6) is 0.950. The summed E-state index contributed by atoms with van der Waals surface area (Å²) in [5, 5.41) is 3.50. The largest absolute Gasteiger partial charge is 0.354 e. The summed E-state index contributed by atoms with van der Waals surface area (Å²) in [6, 6.07) is 11.1. The Kier molecular flexibility index (Phi) is 5.81. The van der Waals surface area contributed by atoms with E-state index in [4.69, 9.17) is 0 Å². The highest BCUT2D eigenvalue weighted by Crippen LogP contribution is 2.21. The summed E-state index contributed by atoms with van der Waals surface area (Å²) in [5.41, 5.74) is 1.35. The van der Waals surface area contributed by atoms with Crippen LogP contribution in [0.4, 0.5) is 5.95 Å². The zero-order chi connectivity index (χ0) is 15.1. The van der Waals surface area contributed by atoms with Crippen molar-refractivity contribution in [3.05, 3.63) is 48.3 Å². The minimum Gasteiger partial charge on any atom is -0.354 e. The number of hydrogen-bond acceptors (Lipinski definition) is 3. The van der Waals surface area contributed by atoms with Gasteiger partial charge < -0.3 is 9.88 Å². The van der Waals surface area contributed by atoms with E-state index in [-0.39, 0.29) is 0 Å². The third-order valence-corrected chi connectivity index (χ3v) is 3.95. The molecular formula is C17H26N4. The number of aryl methyl sites for hydroxylation is 1. The van der Waals surface area contributed by atoms with Crippen molar-refractivity contribution in [2.45, 2.75) is 33.4 Å². The summed E-state index contributed by atoms with van der Waals surface area (Å²) in [6.07, 6.45) is 3.86. The van der Waals surface area contributed by atoms with Gasteiger partial charge in [-0.25, -0.2) is 4.98 Å². The van der Waals surface area contributed by atoms with E-state index in [0.29, 0.717) is 6.04 Å². The summed E-state index contributed by atoms with van der Waals surface area (Å²) >= 11 is 0. The van der Waals surface area contributed by atoms with Crippen LogP contribution in [-0.4, -0.2) is 34.1 Å². The lowest BCUT2D eigenvalue weighted by molar-refractivity contribution is 0.228. The summed E-state index contributed by atoms with van der Waals surface area (Å²) in [6.45, 7) is 10.4. The number of nitrogens with one attached hydrogen (secondary N) is 1. The van der Waals surface area contributed by atoms with E-state index in [1.165, 1.54) is 5.56 Å². The molecule has 0 bridgehead atoms. The number of rotatable bonds is 8. The number of anilines is 1. The Balaban J connectivity index is 2.13. The quantitative estimate of drug-likeness (QED) is 0.807. The van der Waals surface area contributed by atoms with E-state index >= 15 is 0 Å². The van der Waals surface area contributed by atoms with Gasteiger partial charge in [0.25, 0.3) is 0 Å². The smallest absolute Gasteiger partial charge is 0.202 e. The molecule has 0 aliphatic rings. The second-order valence-corrected chi connectivity index (χ2v) is 5.07. The molecule has 0 amide bonds. The van der Waals surface area contributed by atoms with Gasteiger partial charge in [-0.3, -0.25) is 4.90 Å². The SMILES string of the molecule is CCN(CC)C(CNc1nccn1CC)c1ccccc1. The average molecular weight is 286 g/mol. The summed E-state index contributed by atoms with van der Waals surface area (Å²) in [7, 11) is 0. The molecule has 1 heterocycles. The molecule has 21 heavy (non-hydrogen) atoms. The van der Waals surface area contributed by atoms with Gasteiger partial charge in [-0.2, -0.15) is 0 Å². The van der Waals surface area contributed by atoms with E-state index < -0.39 is 0 Å². The van der Waals surface area contributed by atoms with Crippen molar-refractivity contribution in [2.24, 2.45) is 0 Å². The average Bonchev–Trinajstić information content (AvgIpc) is 2.99. The number of benzene rings is 1. The monoisotopic (exact) mass is 286 g/mol. The van der Waals surface area contributed by atoms with E-state index in [0.717, 1.165) is 32.1 Å². The Bertz CT molecular complexity index is 517. The lowest BCUT2D eigenvalue weighted by Gasteiger charge is -2.30. The summed E-state index contributed by atoms with van der Waals surface area (Å²) < 4.78 is 2.13. The van der Waals surface area contributed by atoms with Crippen molar-refractivity contribution < 1.29 is 0 Å². The number of aromatic nitrogens is 2. The zero-order valence-electron chi connectivity index (χ0n) is 13.3. The third-order valence-electron chi connectivity index (χ3n) is 3.95. The van der Waals surface area contributed by atoms with Gasteiger partial charge >= 0.3 is 0 Å². The molecule has 1 aromatic carbocycles. The van der Waals surface area contributed by atoms with E-state index in [9.17, 15) is 0 Å². The van der Waals surface area contributed by atoms with Crippen molar-refractivity contribution in [3.8, 4) is 0 Å². The number of likely N-dealkylation sites (N-methyl/N-ethyl adjacent to an activating group) is 1. The number of imidazole rings is 1. The topological polar surface area (TPSA) is 33.1 Å². The van der Waals surface area contributed by atoms with Gasteiger partial charge in [-0.1, -0.05) is 44.2 Å². The predicted octanol–water partition coefficient (Wildman–Crippen LogP) is 3.40. The van der Waals surface area contributed by atoms with Crippen LogP contribution < -0.4 is 5.32 Å². The lowest BCUT2D eigenvalue weighted by atomic mass is 10.1. The molecule has 2 aromatic rings. The Morgan fingerprint density at radius 2 is 1.86 bits per heavy atom. The van der Waals surface area contributed by atoms with E-state index in [1.807, 2.05) is 12.4 Å². The zero-order valence-corrected chi connectivity index (χ0v) is 13.3. The van der Waals surface area contributed by atoms with Crippen LogP contribution in [0.1, 0.15) is 32.4 Å². The molecule has 2 rings (SSSR count). The minimum absolute atomic E-state index is 0.364. The molecule has 0 spiro atoms. The standard InChI is InChI=1S/C17H26N4/c1-4-20(5-2)16(15-10-8-7-9-11-15)14-19-17-18-12-13-21(17)6-3/h7-13,16H,4-6,14H2,1-3H3,(H,18,19). The first kappa shape index (κ1) is 15.6. The van der Waals surface area contributed by atoms with E-state index in [1.54, 1.807) is 0 Å². The Morgan fingerprint density at radius 1 is 1.14 bits per heavy atom. The van der Waals surface area contributed by atoms with Gasteiger partial charge in [0, 0.05) is 25.5 Å². The second kappa shape index (κ2) is 7.84. The Hall–Kier alpha value is -1.81. The van der Waals surface area contributed by atoms with E-state index in [2.05, 4.69) is 70.9 Å². The fraction of sp³-hybridized carbons (Fsp3) is 0.471. The maximum Gasteiger partial charge on any atom is 0.202 e. The molecule has 4 heteroatoms. The molecule has 0 saturated heterocycles. The molecule has 1 unspecified atom stereocenters. The van der Waals surface area contributed by atoms with Crippen molar-refractivity contribution in [3.63, 3.8) is 0 Å². The molecule has 1 aromatic heterocycles. The fourth-order valence-electron chi connectivity index (χ4n) is 2.72. The first-order valence-electron chi connectivity index (χ1n) is 7.84. The van der Waals surface area contributed by atoms with Crippen molar-refractivity contribution in [1.82, 2.24) is 14.5 Å². The molecule has 0 aliphatic carbocycles. The van der Waals surface area contributed by atoms with Crippen LogP contribution in [0.2, 0.25) is 0 Å². The molecule has 114 valence electrons. The van der Waals surface area contributed by atoms with Crippen LogP contribution in [0.15, 0.2) is 42.7 Å². The van der Waals surface area contributed by atoms with Crippen LogP contribution in [-0.2, 0) is 6.54 Å².